The molecule has 0 spiro atoms. The molecule has 2 aliphatic rings. The highest BCUT2D eigenvalue weighted by Gasteiger charge is 2.33. The second-order valence-electron chi connectivity index (χ2n) is 5.20. The summed E-state index contributed by atoms with van der Waals surface area (Å²) in [6.45, 7) is 5.14. The van der Waals surface area contributed by atoms with Gasteiger partial charge in [0.15, 0.2) is 4.67 Å². The molecule has 2 N–H and O–H groups in total. The highest BCUT2D eigenvalue weighted by molar-refractivity contribution is 9.10. The smallest absolute Gasteiger partial charge is 0.169 e. The first kappa shape index (κ1) is 12.7. The normalized spacial score (nSPS) is 24.3. The Bertz CT molecular complexity index is 397. The molecule has 2 heterocycles. The lowest BCUT2D eigenvalue weighted by atomic mass is 10.1. The molecule has 0 aromatic carbocycles. The Morgan fingerprint density at radius 2 is 2.00 bits per heavy atom. The molecule has 0 amide bonds. The van der Waals surface area contributed by atoms with Gasteiger partial charge in [0.2, 0.25) is 0 Å². The van der Waals surface area contributed by atoms with Crippen LogP contribution in [0.25, 0.3) is 0 Å². The predicted molar refractivity (Wildman–Crippen MR) is 74.4 cm³/mol. The van der Waals surface area contributed by atoms with Crippen LogP contribution in [-0.4, -0.2) is 48.6 Å². The average molecular weight is 314 g/mol. The largest absolute Gasteiger partial charge is 0.453 e. The minimum absolute atomic E-state index is 0.220. The summed E-state index contributed by atoms with van der Waals surface area (Å²) in [6.07, 6.45) is 2.79. The third-order valence-electron chi connectivity index (χ3n) is 4.00. The number of rotatable bonds is 4. The summed E-state index contributed by atoms with van der Waals surface area (Å²) in [5.74, 6) is 0.976. The first-order chi connectivity index (χ1) is 8.78. The summed E-state index contributed by atoms with van der Waals surface area (Å²) in [4.78, 5) is 5.06. The van der Waals surface area contributed by atoms with Crippen LogP contribution in [0.15, 0.2) is 21.2 Å². The Labute approximate surface area is 116 Å². The third-order valence-corrected chi connectivity index (χ3v) is 4.42. The molecule has 1 aliphatic carbocycles. The molecule has 18 heavy (non-hydrogen) atoms. The topological polar surface area (TPSA) is 45.6 Å². The number of nitrogens with zero attached hydrogens (tertiary/aromatic N) is 2. The van der Waals surface area contributed by atoms with Crippen molar-refractivity contribution >= 4 is 15.9 Å². The van der Waals surface area contributed by atoms with Gasteiger partial charge < -0.3 is 10.2 Å². The van der Waals surface area contributed by atoms with E-state index in [0.29, 0.717) is 6.54 Å². The van der Waals surface area contributed by atoms with Gasteiger partial charge in [0.1, 0.15) is 5.76 Å². The third kappa shape index (κ3) is 2.64. The van der Waals surface area contributed by atoms with Crippen LogP contribution in [0, 0.1) is 0 Å². The van der Waals surface area contributed by atoms with E-state index in [0.717, 1.165) is 29.6 Å². The Hall–Kier alpha value is -0.360. The van der Waals surface area contributed by atoms with E-state index in [4.69, 9.17) is 10.2 Å². The van der Waals surface area contributed by atoms with Crippen molar-refractivity contribution < 1.29 is 4.42 Å². The maximum atomic E-state index is 5.92. The monoisotopic (exact) mass is 313 g/mol. The molecule has 3 rings (SSSR count). The number of nitrogens with two attached hydrogens (primary N) is 1. The minimum Gasteiger partial charge on any atom is -0.453 e. The van der Waals surface area contributed by atoms with Crippen molar-refractivity contribution in [2.24, 2.45) is 5.73 Å². The van der Waals surface area contributed by atoms with Crippen LogP contribution in [0.2, 0.25) is 0 Å². The van der Waals surface area contributed by atoms with Crippen molar-refractivity contribution in [3.63, 3.8) is 0 Å². The Balaban J connectivity index is 1.62. The highest BCUT2D eigenvalue weighted by atomic mass is 79.9. The molecule has 5 heteroatoms. The Morgan fingerprint density at radius 1 is 1.28 bits per heavy atom. The van der Waals surface area contributed by atoms with E-state index < -0.39 is 0 Å². The quantitative estimate of drug-likeness (QED) is 0.921. The number of hydrogen-bond donors (Lipinski definition) is 1. The van der Waals surface area contributed by atoms with Crippen molar-refractivity contribution in [3.05, 3.63) is 22.6 Å². The summed E-state index contributed by atoms with van der Waals surface area (Å²) in [6, 6.07) is 5.06. The maximum absolute atomic E-state index is 5.92. The van der Waals surface area contributed by atoms with Crippen molar-refractivity contribution in [1.82, 2.24) is 9.80 Å². The number of hydrogen-bond acceptors (Lipinski definition) is 4. The Kier molecular flexibility index (Phi) is 3.75. The van der Waals surface area contributed by atoms with Gasteiger partial charge in [-0.05, 0) is 40.9 Å². The fourth-order valence-corrected chi connectivity index (χ4v) is 3.13. The first-order valence-corrected chi connectivity index (χ1v) is 7.50. The molecule has 1 saturated carbocycles. The van der Waals surface area contributed by atoms with Crippen LogP contribution in [0.4, 0.5) is 0 Å². The molecule has 1 aliphatic heterocycles. The molecule has 2 fully saturated rings. The van der Waals surface area contributed by atoms with E-state index in [1.54, 1.807) is 0 Å². The van der Waals surface area contributed by atoms with Gasteiger partial charge in [-0.15, -0.1) is 0 Å². The summed E-state index contributed by atoms with van der Waals surface area (Å²) >= 11 is 3.36. The zero-order valence-electron chi connectivity index (χ0n) is 10.5. The van der Waals surface area contributed by atoms with Crippen LogP contribution in [0.1, 0.15) is 24.6 Å². The van der Waals surface area contributed by atoms with Crippen molar-refractivity contribution in [2.75, 3.05) is 32.7 Å². The second kappa shape index (κ2) is 5.33. The minimum atomic E-state index is 0.220. The van der Waals surface area contributed by atoms with Gasteiger partial charge in [0.05, 0.1) is 6.04 Å². The van der Waals surface area contributed by atoms with Gasteiger partial charge in [-0.3, -0.25) is 9.80 Å². The molecule has 1 saturated heterocycles. The van der Waals surface area contributed by atoms with Crippen LogP contribution in [-0.2, 0) is 0 Å². The zero-order valence-corrected chi connectivity index (χ0v) is 12.1. The summed E-state index contributed by atoms with van der Waals surface area (Å²) < 4.78 is 6.44. The van der Waals surface area contributed by atoms with Crippen molar-refractivity contribution in [1.29, 1.82) is 0 Å². The molecule has 1 unspecified atom stereocenters. The van der Waals surface area contributed by atoms with Gasteiger partial charge in [0.25, 0.3) is 0 Å². The van der Waals surface area contributed by atoms with E-state index in [1.807, 2.05) is 12.1 Å². The molecular weight excluding hydrogens is 294 g/mol. The van der Waals surface area contributed by atoms with Crippen molar-refractivity contribution in [3.8, 4) is 0 Å². The SMILES string of the molecule is NCC(c1ccc(Br)o1)N1CCN(C2CC2)CC1. The van der Waals surface area contributed by atoms with Gasteiger partial charge in [-0.1, -0.05) is 0 Å². The first-order valence-electron chi connectivity index (χ1n) is 6.71. The van der Waals surface area contributed by atoms with Gasteiger partial charge in [0, 0.05) is 38.8 Å². The fourth-order valence-electron chi connectivity index (χ4n) is 2.81. The summed E-state index contributed by atoms with van der Waals surface area (Å²) in [5.41, 5.74) is 5.92. The molecule has 100 valence electrons. The molecular formula is C13H20BrN3O. The summed E-state index contributed by atoms with van der Waals surface area (Å²) in [5, 5.41) is 0. The van der Waals surface area contributed by atoms with E-state index in [-0.39, 0.29) is 6.04 Å². The number of halogens is 1. The standard InChI is InChI=1S/C13H20BrN3O/c14-13-4-3-12(18-13)11(9-15)17-7-5-16(6-8-17)10-1-2-10/h3-4,10-11H,1-2,5-9,15H2. The maximum Gasteiger partial charge on any atom is 0.169 e. The Morgan fingerprint density at radius 3 is 2.50 bits per heavy atom. The lowest BCUT2D eigenvalue weighted by molar-refractivity contribution is 0.0849. The van der Waals surface area contributed by atoms with Gasteiger partial charge in [-0.25, -0.2) is 0 Å². The number of piperazine rings is 1. The zero-order chi connectivity index (χ0) is 12.5. The van der Waals surface area contributed by atoms with Crippen LogP contribution in [0.3, 0.4) is 0 Å². The lowest BCUT2D eigenvalue weighted by Crippen LogP contribution is -2.49. The van der Waals surface area contributed by atoms with Crippen LogP contribution < -0.4 is 5.73 Å². The van der Waals surface area contributed by atoms with Gasteiger partial charge >= 0.3 is 0 Å². The van der Waals surface area contributed by atoms with E-state index in [9.17, 15) is 0 Å². The average Bonchev–Trinajstić information content (AvgIpc) is 3.15. The fraction of sp³-hybridized carbons (Fsp3) is 0.692. The van der Waals surface area contributed by atoms with Gasteiger partial charge in [-0.2, -0.15) is 0 Å². The predicted octanol–water partition coefficient (Wildman–Crippen LogP) is 1.82. The second-order valence-corrected chi connectivity index (χ2v) is 5.98. The van der Waals surface area contributed by atoms with E-state index >= 15 is 0 Å². The summed E-state index contributed by atoms with van der Waals surface area (Å²) in [7, 11) is 0. The molecule has 0 radical (unpaired) electrons. The highest BCUT2D eigenvalue weighted by Crippen LogP contribution is 2.30. The molecule has 0 bridgehead atoms. The molecule has 1 aromatic rings. The molecule has 1 atom stereocenters. The van der Waals surface area contributed by atoms with E-state index in [2.05, 4.69) is 25.7 Å². The molecule has 1 aromatic heterocycles. The number of furan rings is 1. The van der Waals surface area contributed by atoms with E-state index in [1.165, 1.54) is 25.9 Å². The van der Waals surface area contributed by atoms with Crippen LogP contribution in [0.5, 0.6) is 0 Å². The lowest BCUT2D eigenvalue weighted by Gasteiger charge is -2.38. The molecule has 4 nitrogen and oxygen atoms in total. The van der Waals surface area contributed by atoms with Crippen LogP contribution >= 0.6 is 15.9 Å². The van der Waals surface area contributed by atoms with Crippen molar-refractivity contribution in [2.45, 2.75) is 24.9 Å².